The highest BCUT2D eigenvalue weighted by atomic mass is 32.2. The molecule has 1 aliphatic rings. The zero-order chi connectivity index (χ0) is 18.9. The van der Waals surface area contributed by atoms with Crippen LogP contribution >= 0.6 is 0 Å². The monoisotopic (exact) mass is 377 g/mol. The molecular weight excluding hydrogens is 357 g/mol. The second-order valence-electron chi connectivity index (χ2n) is 6.39. The molecule has 7 heteroatoms. The second kappa shape index (κ2) is 7.26. The largest absolute Gasteiger partial charge is 0.368 e. The van der Waals surface area contributed by atoms with E-state index in [2.05, 4.69) is 0 Å². The summed E-state index contributed by atoms with van der Waals surface area (Å²) in [5.74, 6) is -0.474. The number of rotatable bonds is 4. The van der Waals surface area contributed by atoms with Crippen LogP contribution in [0.5, 0.6) is 0 Å². The molecule has 0 aromatic heterocycles. The van der Waals surface area contributed by atoms with E-state index in [0.717, 1.165) is 5.56 Å². The maximum atomic E-state index is 13.1. The predicted molar refractivity (Wildman–Crippen MR) is 94.9 cm³/mol. The van der Waals surface area contributed by atoms with Gasteiger partial charge in [0, 0.05) is 18.7 Å². The highest BCUT2D eigenvalue weighted by Crippen LogP contribution is 2.29. The molecule has 0 saturated carbocycles. The summed E-state index contributed by atoms with van der Waals surface area (Å²) in [6.07, 6.45) is -0.768. The maximum absolute atomic E-state index is 13.1. The Labute approximate surface area is 152 Å². The van der Waals surface area contributed by atoms with Crippen LogP contribution in [0.4, 0.5) is 4.39 Å². The predicted octanol–water partition coefficient (Wildman–Crippen LogP) is 3.18. The van der Waals surface area contributed by atoms with Gasteiger partial charge in [-0.05, 0) is 43.7 Å². The van der Waals surface area contributed by atoms with Crippen LogP contribution in [-0.4, -0.2) is 37.7 Å². The van der Waals surface area contributed by atoms with E-state index in [4.69, 9.17) is 4.74 Å². The van der Waals surface area contributed by atoms with Crippen molar-refractivity contribution in [2.45, 2.75) is 31.0 Å². The summed E-state index contributed by atoms with van der Waals surface area (Å²) in [7, 11) is -3.72. The van der Waals surface area contributed by atoms with Gasteiger partial charge >= 0.3 is 0 Å². The summed E-state index contributed by atoms with van der Waals surface area (Å²) in [5.41, 5.74) is 1.19. The lowest BCUT2D eigenvalue weighted by Crippen LogP contribution is -2.45. The molecule has 0 bridgehead atoms. The Kier molecular flexibility index (Phi) is 5.22. The number of sulfonamides is 1. The molecule has 3 rings (SSSR count). The van der Waals surface area contributed by atoms with Gasteiger partial charge in [0.2, 0.25) is 10.0 Å². The number of hydrogen-bond acceptors (Lipinski definition) is 4. The molecule has 1 saturated heterocycles. The van der Waals surface area contributed by atoms with Crippen LogP contribution in [0, 0.1) is 5.82 Å². The van der Waals surface area contributed by atoms with Crippen molar-refractivity contribution < 1.29 is 22.3 Å². The average Bonchev–Trinajstić information content (AvgIpc) is 2.62. The molecule has 1 heterocycles. The molecule has 2 aromatic carbocycles. The number of morpholine rings is 1. The lowest BCUT2D eigenvalue weighted by molar-refractivity contribution is -0.0557. The summed E-state index contributed by atoms with van der Waals surface area (Å²) in [6.45, 7) is 3.61. The third kappa shape index (κ3) is 3.85. The van der Waals surface area contributed by atoms with Crippen molar-refractivity contribution in [2.24, 2.45) is 0 Å². The molecule has 2 atom stereocenters. The molecule has 0 radical (unpaired) electrons. The van der Waals surface area contributed by atoms with Gasteiger partial charge in [0.05, 0.1) is 17.1 Å². The minimum Gasteiger partial charge on any atom is -0.368 e. The normalized spacial score (nSPS) is 21.5. The third-order valence-corrected chi connectivity index (χ3v) is 6.21. The van der Waals surface area contributed by atoms with Crippen molar-refractivity contribution in [3.63, 3.8) is 0 Å². The van der Waals surface area contributed by atoms with E-state index in [0.29, 0.717) is 5.56 Å². The fourth-order valence-corrected chi connectivity index (χ4v) is 4.50. The van der Waals surface area contributed by atoms with Gasteiger partial charge in [-0.2, -0.15) is 4.31 Å². The Morgan fingerprint density at radius 1 is 1.08 bits per heavy atom. The fraction of sp³-hybridized carbons (Fsp3) is 0.316. The van der Waals surface area contributed by atoms with E-state index in [1.165, 1.54) is 47.6 Å². The quantitative estimate of drug-likeness (QED) is 0.768. The number of hydrogen-bond donors (Lipinski definition) is 0. The minimum atomic E-state index is -3.72. The standard InChI is InChI=1S/C19H20FNO4S/c1-13-11-21(12-19(25-13)16-3-7-17(20)8-4-16)26(23,24)18-9-5-15(6-10-18)14(2)22/h3-10,13,19H,11-12H2,1-2H3. The molecule has 0 spiro atoms. The van der Waals surface area contributed by atoms with Crippen molar-refractivity contribution in [3.05, 3.63) is 65.5 Å². The van der Waals surface area contributed by atoms with E-state index in [1.807, 2.05) is 0 Å². The highest BCUT2D eigenvalue weighted by Gasteiger charge is 2.34. The van der Waals surface area contributed by atoms with Crippen molar-refractivity contribution in [3.8, 4) is 0 Å². The molecule has 0 aliphatic carbocycles. The van der Waals surface area contributed by atoms with Crippen LogP contribution < -0.4 is 0 Å². The van der Waals surface area contributed by atoms with E-state index < -0.39 is 16.1 Å². The van der Waals surface area contributed by atoms with Crippen LogP contribution in [0.3, 0.4) is 0 Å². The van der Waals surface area contributed by atoms with Gasteiger partial charge in [-0.1, -0.05) is 24.3 Å². The molecule has 26 heavy (non-hydrogen) atoms. The second-order valence-corrected chi connectivity index (χ2v) is 8.33. The first-order valence-corrected chi connectivity index (χ1v) is 9.73. The smallest absolute Gasteiger partial charge is 0.243 e. The average molecular weight is 377 g/mol. The zero-order valence-electron chi connectivity index (χ0n) is 14.6. The van der Waals surface area contributed by atoms with Crippen molar-refractivity contribution in [2.75, 3.05) is 13.1 Å². The molecule has 138 valence electrons. The number of Topliss-reactive ketones (excluding diaryl/α,β-unsaturated/α-hetero) is 1. The van der Waals surface area contributed by atoms with Crippen LogP contribution in [0.1, 0.15) is 35.9 Å². The Morgan fingerprint density at radius 3 is 2.27 bits per heavy atom. The van der Waals surface area contributed by atoms with E-state index in [9.17, 15) is 17.6 Å². The maximum Gasteiger partial charge on any atom is 0.243 e. The summed E-state index contributed by atoms with van der Waals surface area (Å²) in [4.78, 5) is 11.5. The Morgan fingerprint density at radius 2 is 1.69 bits per heavy atom. The number of benzene rings is 2. The topological polar surface area (TPSA) is 63.7 Å². The molecule has 2 aromatic rings. The van der Waals surface area contributed by atoms with Crippen LogP contribution in [-0.2, 0) is 14.8 Å². The fourth-order valence-electron chi connectivity index (χ4n) is 2.98. The molecule has 5 nitrogen and oxygen atoms in total. The van der Waals surface area contributed by atoms with E-state index >= 15 is 0 Å². The Balaban J connectivity index is 1.86. The molecular formula is C19H20FNO4S. The number of ketones is 1. The highest BCUT2D eigenvalue weighted by molar-refractivity contribution is 7.89. The molecule has 1 fully saturated rings. The minimum absolute atomic E-state index is 0.120. The first-order valence-electron chi connectivity index (χ1n) is 8.29. The van der Waals surface area contributed by atoms with Crippen molar-refractivity contribution in [1.29, 1.82) is 0 Å². The van der Waals surface area contributed by atoms with Crippen molar-refractivity contribution in [1.82, 2.24) is 4.31 Å². The summed E-state index contributed by atoms with van der Waals surface area (Å²) >= 11 is 0. The van der Waals surface area contributed by atoms with Crippen LogP contribution in [0.2, 0.25) is 0 Å². The number of nitrogens with zero attached hydrogens (tertiary/aromatic N) is 1. The van der Waals surface area contributed by atoms with Crippen LogP contribution in [0.15, 0.2) is 53.4 Å². The lowest BCUT2D eigenvalue weighted by atomic mass is 10.1. The van der Waals surface area contributed by atoms with Gasteiger partial charge in [0.1, 0.15) is 5.82 Å². The van der Waals surface area contributed by atoms with Gasteiger partial charge in [-0.3, -0.25) is 4.79 Å². The van der Waals surface area contributed by atoms with Crippen LogP contribution in [0.25, 0.3) is 0 Å². The van der Waals surface area contributed by atoms with E-state index in [1.54, 1.807) is 19.1 Å². The zero-order valence-corrected chi connectivity index (χ0v) is 15.4. The molecule has 2 unspecified atom stereocenters. The summed E-state index contributed by atoms with van der Waals surface area (Å²) in [6, 6.07) is 11.8. The molecule has 0 N–H and O–H groups in total. The van der Waals surface area contributed by atoms with Gasteiger partial charge in [0.25, 0.3) is 0 Å². The first-order chi connectivity index (χ1) is 12.3. The summed E-state index contributed by atoms with van der Waals surface area (Å²) < 4.78 is 46.3. The first kappa shape index (κ1) is 18.7. The summed E-state index contributed by atoms with van der Waals surface area (Å²) in [5, 5.41) is 0. The van der Waals surface area contributed by atoms with E-state index in [-0.39, 0.29) is 35.7 Å². The molecule has 0 amide bonds. The van der Waals surface area contributed by atoms with Crippen molar-refractivity contribution >= 4 is 15.8 Å². The molecule has 1 aliphatic heterocycles. The number of carbonyl (C=O) groups excluding carboxylic acids is 1. The van der Waals surface area contributed by atoms with Gasteiger partial charge < -0.3 is 4.74 Å². The Hall–Kier alpha value is -2.09. The lowest BCUT2D eigenvalue weighted by Gasteiger charge is -2.36. The van der Waals surface area contributed by atoms with Gasteiger partial charge in [-0.15, -0.1) is 0 Å². The van der Waals surface area contributed by atoms with Gasteiger partial charge in [0.15, 0.2) is 5.78 Å². The Bertz CT molecular complexity index is 894. The third-order valence-electron chi connectivity index (χ3n) is 4.37. The SMILES string of the molecule is CC(=O)c1ccc(S(=O)(=O)N2CC(C)OC(c3ccc(F)cc3)C2)cc1. The number of halogens is 1. The number of carbonyl (C=O) groups is 1. The number of ether oxygens (including phenoxy) is 1. The van der Waals surface area contributed by atoms with Gasteiger partial charge in [-0.25, -0.2) is 12.8 Å².